The molecule has 82 valence electrons. The topological polar surface area (TPSA) is 26.7 Å². The molecule has 0 aromatic carbocycles. The van der Waals surface area contributed by atoms with Crippen LogP contribution in [0.2, 0.25) is 0 Å². The predicted octanol–water partition coefficient (Wildman–Crippen LogP) is 0.102. The standard InChI is InChI=1S/C10H20N2OS/c1-11-3-5-12(6-4-11)8-10(13)2-7-14-9-10/h13H,2-9H2,1H3. The van der Waals surface area contributed by atoms with E-state index < -0.39 is 0 Å². The van der Waals surface area contributed by atoms with Crippen LogP contribution in [0.25, 0.3) is 0 Å². The normalized spacial score (nSPS) is 36.4. The van der Waals surface area contributed by atoms with Gasteiger partial charge in [0.15, 0.2) is 0 Å². The van der Waals surface area contributed by atoms with E-state index in [2.05, 4.69) is 16.8 Å². The van der Waals surface area contributed by atoms with Crippen LogP contribution < -0.4 is 0 Å². The fourth-order valence-electron chi connectivity index (χ4n) is 2.14. The van der Waals surface area contributed by atoms with Crippen molar-refractivity contribution in [1.82, 2.24) is 9.80 Å². The quantitative estimate of drug-likeness (QED) is 0.708. The van der Waals surface area contributed by atoms with Gasteiger partial charge in [0.2, 0.25) is 0 Å². The summed E-state index contributed by atoms with van der Waals surface area (Å²) in [6.45, 7) is 5.40. The summed E-state index contributed by atoms with van der Waals surface area (Å²) in [7, 11) is 2.16. The highest BCUT2D eigenvalue weighted by Crippen LogP contribution is 2.28. The number of hydrogen-bond donors (Lipinski definition) is 1. The molecule has 2 rings (SSSR count). The maximum atomic E-state index is 10.2. The first kappa shape index (κ1) is 10.7. The molecule has 0 bridgehead atoms. The lowest BCUT2D eigenvalue weighted by molar-refractivity contribution is 0.0127. The van der Waals surface area contributed by atoms with Gasteiger partial charge in [-0.1, -0.05) is 0 Å². The zero-order chi connectivity index (χ0) is 10.0. The number of aliphatic hydroxyl groups is 1. The van der Waals surface area contributed by atoms with Gasteiger partial charge in [-0.2, -0.15) is 11.8 Å². The zero-order valence-corrected chi connectivity index (χ0v) is 9.72. The highest BCUT2D eigenvalue weighted by atomic mass is 32.2. The Morgan fingerprint density at radius 3 is 2.57 bits per heavy atom. The first-order valence-electron chi connectivity index (χ1n) is 5.39. The largest absolute Gasteiger partial charge is 0.388 e. The molecule has 0 aromatic rings. The van der Waals surface area contributed by atoms with Gasteiger partial charge >= 0.3 is 0 Å². The minimum atomic E-state index is -0.388. The number of likely N-dealkylation sites (N-methyl/N-ethyl adjacent to an activating group) is 1. The highest BCUT2D eigenvalue weighted by Gasteiger charge is 2.34. The van der Waals surface area contributed by atoms with E-state index in [1.54, 1.807) is 0 Å². The Hall–Kier alpha value is 0.230. The van der Waals surface area contributed by atoms with Crippen molar-refractivity contribution in [3.8, 4) is 0 Å². The second kappa shape index (κ2) is 4.39. The van der Waals surface area contributed by atoms with Gasteiger partial charge in [0, 0.05) is 38.5 Å². The SMILES string of the molecule is CN1CCN(CC2(O)CCSC2)CC1. The molecule has 0 radical (unpaired) electrons. The highest BCUT2D eigenvalue weighted by molar-refractivity contribution is 7.99. The fourth-order valence-corrected chi connectivity index (χ4v) is 3.43. The van der Waals surface area contributed by atoms with E-state index in [0.29, 0.717) is 0 Å². The average Bonchev–Trinajstić information content (AvgIpc) is 2.57. The molecule has 2 fully saturated rings. The number of thioether (sulfide) groups is 1. The van der Waals surface area contributed by atoms with Crippen molar-refractivity contribution in [1.29, 1.82) is 0 Å². The van der Waals surface area contributed by atoms with Gasteiger partial charge in [0.05, 0.1) is 5.60 Å². The predicted molar refractivity (Wildman–Crippen MR) is 60.8 cm³/mol. The smallest absolute Gasteiger partial charge is 0.0871 e. The third-order valence-electron chi connectivity index (χ3n) is 3.20. The summed E-state index contributed by atoms with van der Waals surface area (Å²) in [4.78, 5) is 4.76. The molecule has 0 spiro atoms. The second-order valence-electron chi connectivity index (χ2n) is 4.61. The average molecular weight is 216 g/mol. The number of hydrogen-bond acceptors (Lipinski definition) is 4. The van der Waals surface area contributed by atoms with Crippen LogP contribution in [-0.4, -0.2) is 71.8 Å². The minimum absolute atomic E-state index is 0.388. The fraction of sp³-hybridized carbons (Fsp3) is 1.00. The summed E-state index contributed by atoms with van der Waals surface area (Å²) >= 11 is 1.88. The minimum Gasteiger partial charge on any atom is -0.388 e. The first-order chi connectivity index (χ1) is 6.68. The number of piperazine rings is 1. The van der Waals surface area contributed by atoms with Crippen LogP contribution in [0.3, 0.4) is 0 Å². The van der Waals surface area contributed by atoms with Gasteiger partial charge in [-0.05, 0) is 19.2 Å². The molecule has 0 aliphatic carbocycles. The van der Waals surface area contributed by atoms with Gasteiger partial charge in [-0.15, -0.1) is 0 Å². The Morgan fingerprint density at radius 2 is 2.00 bits per heavy atom. The van der Waals surface area contributed by atoms with Crippen LogP contribution in [0, 0.1) is 0 Å². The molecule has 2 heterocycles. The molecule has 0 amide bonds. The van der Waals surface area contributed by atoms with Crippen molar-refractivity contribution in [3.05, 3.63) is 0 Å². The van der Waals surface area contributed by atoms with Gasteiger partial charge in [-0.25, -0.2) is 0 Å². The Kier molecular flexibility index (Phi) is 3.37. The van der Waals surface area contributed by atoms with Crippen LogP contribution in [-0.2, 0) is 0 Å². The lowest BCUT2D eigenvalue weighted by Gasteiger charge is -2.36. The van der Waals surface area contributed by atoms with Gasteiger partial charge in [0.25, 0.3) is 0 Å². The van der Waals surface area contributed by atoms with E-state index in [1.807, 2.05) is 11.8 Å². The van der Waals surface area contributed by atoms with Crippen molar-refractivity contribution < 1.29 is 5.11 Å². The van der Waals surface area contributed by atoms with Crippen LogP contribution in [0.15, 0.2) is 0 Å². The van der Waals surface area contributed by atoms with E-state index >= 15 is 0 Å². The van der Waals surface area contributed by atoms with Gasteiger partial charge in [0.1, 0.15) is 0 Å². The van der Waals surface area contributed by atoms with Gasteiger partial charge in [-0.3, -0.25) is 4.90 Å². The molecule has 4 heteroatoms. The van der Waals surface area contributed by atoms with Crippen LogP contribution in [0.1, 0.15) is 6.42 Å². The van der Waals surface area contributed by atoms with Crippen molar-refractivity contribution in [2.24, 2.45) is 0 Å². The number of nitrogens with zero attached hydrogens (tertiary/aromatic N) is 2. The molecular weight excluding hydrogens is 196 g/mol. The summed E-state index contributed by atoms with van der Waals surface area (Å²) in [6, 6.07) is 0. The Bertz CT molecular complexity index is 187. The summed E-state index contributed by atoms with van der Waals surface area (Å²) in [5.41, 5.74) is -0.388. The summed E-state index contributed by atoms with van der Waals surface area (Å²) in [5, 5.41) is 10.2. The monoisotopic (exact) mass is 216 g/mol. The lowest BCUT2D eigenvalue weighted by atomic mass is 10.0. The van der Waals surface area contributed by atoms with Crippen LogP contribution in [0.5, 0.6) is 0 Å². The zero-order valence-electron chi connectivity index (χ0n) is 8.91. The maximum Gasteiger partial charge on any atom is 0.0871 e. The molecule has 2 saturated heterocycles. The first-order valence-corrected chi connectivity index (χ1v) is 6.54. The number of β-amino-alcohol motifs (C(OH)–C–C–N with tert-alkyl or cyclic N) is 1. The van der Waals surface area contributed by atoms with E-state index in [9.17, 15) is 5.11 Å². The third-order valence-corrected chi connectivity index (χ3v) is 4.43. The Morgan fingerprint density at radius 1 is 1.29 bits per heavy atom. The van der Waals surface area contributed by atoms with E-state index in [0.717, 1.165) is 50.7 Å². The molecular formula is C10H20N2OS. The Labute approximate surface area is 90.4 Å². The molecule has 0 saturated carbocycles. The molecule has 0 aromatic heterocycles. The lowest BCUT2D eigenvalue weighted by Crippen LogP contribution is -2.51. The van der Waals surface area contributed by atoms with E-state index in [-0.39, 0.29) is 5.60 Å². The Balaban J connectivity index is 1.79. The molecule has 1 atom stereocenters. The molecule has 1 N–H and O–H groups in total. The maximum absolute atomic E-state index is 10.2. The van der Waals surface area contributed by atoms with E-state index in [1.165, 1.54) is 0 Å². The molecule has 2 aliphatic rings. The van der Waals surface area contributed by atoms with Crippen molar-refractivity contribution in [2.45, 2.75) is 12.0 Å². The summed E-state index contributed by atoms with van der Waals surface area (Å²) in [5.74, 6) is 2.06. The molecule has 1 unspecified atom stereocenters. The van der Waals surface area contributed by atoms with Crippen molar-refractivity contribution in [3.63, 3.8) is 0 Å². The molecule has 2 aliphatic heterocycles. The number of rotatable bonds is 2. The van der Waals surface area contributed by atoms with Crippen molar-refractivity contribution >= 4 is 11.8 Å². The molecule has 14 heavy (non-hydrogen) atoms. The second-order valence-corrected chi connectivity index (χ2v) is 5.71. The van der Waals surface area contributed by atoms with Crippen molar-refractivity contribution in [2.75, 3.05) is 51.3 Å². The van der Waals surface area contributed by atoms with Crippen LogP contribution in [0.4, 0.5) is 0 Å². The summed E-state index contributed by atoms with van der Waals surface area (Å²) < 4.78 is 0. The third kappa shape index (κ3) is 2.63. The van der Waals surface area contributed by atoms with E-state index in [4.69, 9.17) is 0 Å². The molecule has 3 nitrogen and oxygen atoms in total. The van der Waals surface area contributed by atoms with Crippen LogP contribution >= 0.6 is 11.8 Å². The van der Waals surface area contributed by atoms with Gasteiger partial charge < -0.3 is 10.0 Å². The summed E-state index contributed by atoms with van der Waals surface area (Å²) in [6.07, 6.45) is 0.976.